The SMILES string of the molecule is C=CC[Si](C)(CC)OCC. The number of hydrogen-bond acceptors (Lipinski definition) is 1. The van der Waals surface area contributed by atoms with E-state index in [0.717, 1.165) is 12.7 Å². The second-order valence-corrected chi connectivity index (χ2v) is 7.03. The third kappa shape index (κ3) is 3.18. The summed E-state index contributed by atoms with van der Waals surface area (Å²) in [7, 11) is -1.34. The van der Waals surface area contributed by atoms with Gasteiger partial charge in [0.15, 0.2) is 8.32 Å². The summed E-state index contributed by atoms with van der Waals surface area (Å²) in [6, 6.07) is 2.27. The molecule has 0 aliphatic carbocycles. The Hall–Kier alpha value is -0.0831. The highest BCUT2D eigenvalue weighted by Crippen LogP contribution is 2.16. The van der Waals surface area contributed by atoms with Gasteiger partial charge in [0.05, 0.1) is 0 Å². The molecule has 60 valence electrons. The van der Waals surface area contributed by atoms with E-state index >= 15 is 0 Å². The van der Waals surface area contributed by atoms with E-state index in [1.165, 1.54) is 6.04 Å². The Bertz CT molecular complexity index is 103. The summed E-state index contributed by atoms with van der Waals surface area (Å²) >= 11 is 0. The van der Waals surface area contributed by atoms with Gasteiger partial charge in [-0.15, -0.1) is 6.58 Å². The predicted octanol–water partition coefficient (Wildman–Crippen LogP) is 2.80. The highest BCUT2D eigenvalue weighted by molar-refractivity contribution is 6.72. The Morgan fingerprint density at radius 1 is 1.50 bits per heavy atom. The Morgan fingerprint density at radius 3 is 2.40 bits per heavy atom. The van der Waals surface area contributed by atoms with Crippen LogP contribution in [-0.2, 0) is 4.43 Å². The van der Waals surface area contributed by atoms with Gasteiger partial charge < -0.3 is 4.43 Å². The monoisotopic (exact) mass is 158 g/mol. The van der Waals surface area contributed by atoms with Crippen molar-refractivity contribution in [3.63, 3.8) is 0 Å². The van der Waals surface area contributed by atoms with Crippen molar-refractivity contribution in [2.75, 3.05) is 6.61 Å². The second-order valence-electron chi connectivity index (χ2n) is 2.73. The molecule has 0 aromatic rings. The summed E-state index contributed by atoms with van der Waals surface area (Å²) < 4.78 is 5.69. The summed E-state index contributed by atoms with van der Waals surface area (Å²) in [5.41, 5.74) is 0. The maximum Gasteiger partial charge on any atom is 0.193 e. The quantitative estimate of drug-likeness (QED) is 0.441. The lowest BCUT2D eigenvalue weighted by atomic mass is 10.8. The van der Waals surface area contributed by atoms with Crippen LogP contribution < -0.4 is 0 Å². The van der Waals surface area contributed by atoms with Crippen molar-refractivity contribution in [3.05, 3.63) is 12.7 Å². The number of allylic oxidation sites excluding steroid dienone is 1. The lowest BCUT2D eigenvalue weighted by Gasteiger charge is -2.23. The Balaban J connectivity index is 3.80. The van der Waals surface area contributed by atoms with E-state index in [1.54, 1.807) is 0 Å². The molecule has 1 unspecified atom stereocenters. The van der Waals surface area contributed by atoms with Gasteiger partial charge in [-0.1, -0.05) is 13.0 Å². The zero-order valence-corrected chi connectivity index (χ0v) is 8.31. The zero-order chi connectivity index (χ0) is 8.04. The Labute approximate surface area is 65.2 Å². The standard InChI is InChI=1S/C8H18OSi/c1-5-8-10(4,7-3)9-6-2/h5H,1,6-8H2,2-4H3. The maximum absolute atomic E-state index is 5.69. The normalized spacial score (nSPS) is 16.3. The first-order valence-corrected chi connectivity index (χ1v) is 6.75. The fraction of sp³-hybridized carbons (Fsp3) is 0.750. The molecule has 0 bridgehead atoms. The van der Waals surface area contributed by atoms with E-state index in [-0.39, 0.29) is 0 Å². The molecule has 0 aromatic heterocycles. The summed E-state index contributed by atoms with van der Waals surface area (Å²) in [6.07, 6.45) is 1.98. The molecule has 10 heavy (non-hydrogen) atoms. The highest BCUT2D eigenvalue weighted by atomic mass is 28.4. The lowest BCUT2D eigenvalue weighted by molar-refractivity contribution is 0.327. The van der Waals surface area contributed by atoms with Crippen molar-refractivity contribution in [2.45, 2.75) is 32.5 Å². The largest absolute Gasteiger partial charge is 0.417 e. The van der Waals surface area contributed by atoms with E-state index in [1.807, 2.05) is 6.08 Å². The van der Waals surface area contributed by atoms with Crippen LogP contribution in [0.15, 0.2) is 12.7 Å². The Kier molecular flexibility index (Phi) is 4.65. The first-order valence-electron chi connectivity index (χ1n) is 3.93. The molecular formula is C8H18OSi. The zero-order valence-electron chi connectivity index (χ0n) is 7.31. The molecule has 0 saturated heterocycles. The van der Waals surface area contributed by atoms with Crippen molar-refractivity contribution in [1.82, 2.24) is 0 Å². The molecule has 0 spiro atoms. The van der Waals surface area contributed by atoms with Gasteiger partial charge in [-0.2, -0.15) is 0 Å². The fourth-order valence-electron chi connectivity index (χ4n) is 0.959. The van der Waals surface area contributed by atoms with Gasteiger partial charge in [-0.25, -0.2) is 0 Å². The third-order valence-electron chi connectivity index (χ3n) is 1.82. The van der Waals surface area contributed by atoms with Gasteiger partial charge in [-0.3, -0.25) is 0 Å². The molecule has 0 radical (unpaired) electrons. The molecule has 0 rings (SSSR count). The summed E-state index contributed by atoms with van der Waals surface area (Å²) in [5.74, 6) is 0. The van der Waals surface area contributed by atoms with Gasteiger partial charge in [0.25, 0.3) is 0 Å². The second kappa shape index (κ2) is 4.69. The molecule has 2 heteroatoms. The van der Waals surface area contributed by atoms with E-state index in [0.29, 0.717) is 0 Å². The average Bonchev–Trinajstić information content (AvgIpc) is 1.89. The molecule has 0 N–H and O–H groups in total. The van der Waals surface area contributed by atoms with E-state index in [9.17, 15) is 0 Å². The van der Waals surface area contributed by atoms with Crippen molar-refractivity contribution in [2.24, 2.45) is 0 Å². The predicted molar refractivity (Wildman–Crippen MR) is 48.7 cm³/mol. The van der Waals surface area contributed by atoms with Gasteiger partial charge in [-0.05, 0) is 25.6 Å². The maximum atomic E-state index is 5.69. The van der Waals surface area contributed by atoms with Crippen LogP contribution in [0.5, 0.6) is 0 Å². The molecule has 0 saturated carbocycles. The minimum atomic E-state index is -1.34. The summed E-state index contributed by atoms with van der Waals surface area (Å²) in [6.45, 7) is 11.1. The minimum absolute atomic E-state index is 0.852. The van der Waals surface area contributed by atoms with Crippen molar-refractivity contribution in [3.8, 4) is 0 Å². The van der Waals surface area contributed by atoms with Gasteiger partial charge >= 0.3 is 0 Å². The molecule has 1 atom stereocenters. The molecule has 0 heterocycles. The smallest absolute Gasteiger partial charge is 0.193 e. The van der Waals surface area contributed by atoms with Crippen LogP contribution in [0.2, 0.25) is 18.6 Å². The molecule has 0 aliphatic rings. The first kappa shape index (κ1) is 9.92. The van der Waals surface area contributed by atoms with Crippen LogP contribution in [0.25, 0.3) is 0 Å². The summed E-state index contributed by atoms with van der Waals surface area (Å²) in [4.78, 5) is 0. The molecular weight excluding hydrogens is 140 g/mol. The molecule has 1 nitrogen and oxygen atoms in total. The van der Waals surface area contributed by atoms with Crippen molar-refractivity contribution >= 4 is 8.32 Å². The van der Waals surface area contributed by atoms with Crippen LogP contribution in [0.3, 0.4) is 0 Å². The molecule has 0 aromatic carbocycles. The van der Waals surface area contributed by atoms with E-state index in [4.69, 9.17) is 4.43 Å². The molecule has 0 aliphatic heterocycles. The van der Waals surface area contributed by atoms with Gasteiger partial charge in [0, 0.05) is 6.61 Å². The van der Waals surface area contributed by atoms with E-state index < -0.39 is 8.32 Å². The van der Waals surface area contributed by atoms with Gasteiger partial charge in [0.2, 0.25) is 0 Å². The summed E-state index contributed by atoms with van der Waals surface area (Å²) in [5, 5.41) is 0. The average molecular weight is 158 g/mol. The van der Waals surface area contributed by atoms with Crippen LogP contribution in [0.1, 0.15) is 13.8 Å². The number of hydrogen-bond donors (Lipinski definition) is 0. The van der Waals surface area contributed by atoms with Crippen LogP contribution >= 0.6 is 0 Å². The van der Waals surface area contributed by atoms with Crippen LogP contribution in [0.4, 0.5) is 0 Å². The first-order chi connectivity index (χ1) is 4.68. The third-order valence-corrected chi connectivity index (χ3v) is 5.45. The van der Waals surface area contributed by atoms with Gasteiger partial charge in [0.1, 0.15) is 0 Å². The van der Waals surface area contributed by atoms with E-state index in [2.05, 4.69) is 27.0 Å². The minimum Gasteiger partial charge on any atom is -0.417 e. The number of rotatable bonds is 5. The van der Waals surface area contributed by atoms with Crippen molar-refractivity contribution < 1.29 is 4.43 Å². The Morgan fingerprint density at radius 2 is 2.10 bits per heavy atom. The fourth-order valence-corrected chi connectivity index (χ4v) is 2.88. The highest BCUT2D eigenvalue weighted by Gasteiger charge is 2.23. The van der Waals surface area contributed by atoms with Crippen molar-refractivity contribution in [1.29, 1.82) is 0 Å². The van der Waals surface area contributed by atoms with Crippen LogP contribution in [0, 0.1) is 0 Å². The van der Waals surface area contributed by atoms with Crippen LogP contribution in [-0.4, -0.2) is 14.9 Å². The molecule has 0 amide bonds. The lowest BCUT2D eigenvalue weighted by Crippen LogP contribution is -2.32. The topological polar surface area (TPSA) is 9.23 Å². The molecule has 0 fully saturated rings.